The molecule has 250 valence electrons. The van der Waals surface area contributed by atoms with E-state index in [0.717, 1.165) is 28.3 Å². The van der Waals surface area contributed by atoms with Gasteiger partial charge < -0.3 is 14.6 Å². The SMILES string of the molecule is CCCOc1ccc(C(O)=C2C(=O)C(=O)N(c3nnc(SCc4cccc5ccccc45)s3)C2c2cccc(OCc3ccccc3)c2)cc1. The van der Waals surface area contributed by atoms with E-state index in [-0.39, 0.29) is 16.5 Å². The molecular formula is C40H33N3O5S2. The molecule has 50 heavy (non-hydrogen) atoms. The fourth-order valence-electron chi connectivity index (χ4n) is 5.86. The van der Waals surface area contributed by atoms with Crippen molar-refractivity contribution in [2.45, 2.75) is 36.1 Å². The number of ether oxygens (including phenoxy) is 2. The number of nitrogens with zero attached hydrogens (tertiary/aromatic N) is 3. The van der Waals surface area contributed by atoms with Gasteiger partial charge in [-0.3, -0.25) is 14.5 Å². The molecule has 10 heteroatoms. The van der Waals surface area contributed by atoms with Gasteiger partial charge in [0, 0.05) is 11.3 Å². The van der Waals surface area contributed by atoms with Crippen LogP contribution in [0.2, 0.25) is 0 Å². The average molecular weight is 700 g/mol. The largest absolute Gasteiger partial charge is 0.507 e. The third-order valence-corrected chi connectivity index (χ3v) is 10.4. The van der Waals surface area contributed by atoms with E-state index in [1.807, 2.05) is 67.6 Å². The monoisotopic (exact) mass is 699 g/mol. The van der Waals surface area contributed by atoms with Gasteiger partial charge in [0.25, 0.3) is 5.78 Å². The second kappa shape index (κ2) is 15.0. The summed E-state index contributed by atoms with van der Waals surface area (Å²) < 4.78 is 12.5. The van der Waals surface area contributed by atoms with Crippen molar-refractivity contribution in [1.29, 1.82) is 0 Å². The van der Waals surface area contributed by atoms with Crippen LogP contribution in [-0.4, -0.2) is 33.6 Å². The lowest BCUT2D eigenvalue weighted by Gasteiger charge is -2.23. The minimum atomic E-state index is -0.977. The molecule has 0 aliphatic carbocycles. The van der Waals surface area contributed by atoms with Gasteiger partial charge in [-0.1, -0.05) is 115 Å². The predicted molar refractivity (Wildman–Crippen MR) is 198 cm³/mol. The predicted octanol–water partition coefficient (Wildman–Crippen LogP) is 8.98. The topological polar surface area (TPSA) is 102 Å². The number of Topliss-reactive ketones (excluding diaryl/α,β-unsaturated/α-hetero) is 1. The van der Waals surface area contributed by atoms with Crippen LogP contribution in [-0.2, 0) is 21.9 Å². The Morgan fingerprint density at radius 1 is 0.840 bits per heavy atom. The number of aliphatic hydroxyl groups excluding tert-OH is 1. The highest BCUT2D eigenvalue weighted by Crippen LogP contribution is 2.45. The van der Waals surface area contributed by atoms with Crippen molar-refractivity contribution < 1.29 is 24.2 Å². The molecule has 6 aromatic rings. The maximum absolute atomic E-state index is 13.9. The summed E-state index contributed by atoms with van der Waals surface area (Å²) in [5, 5.41) is 23.0. The van der Waals surface area contributed by atoms with Crippen LogP contribution in [0.25, 0.3) is 16.5 Å². The number of aromatic nitrogens is 2. The van der Waals surface area contributed by atoms with Crippen LogP contribution in [0.15, 0.2) is 131 Å². The van der Waals surface area contributed by atoms with E-state index in [2.05, 4.69) is 34.5 Å². The van der Waals surface area contributed by atoms with Crippen LogP contribution >= 0.6 is 23.1 Å². The first-order chi connectivity index (χ1) is 24.5. The number of rotatable bonds is 12. The fourth-order valence-corrected chi connectivity index (χ4v) is 7.73. The summed E-state index contributed by atoms with van der Waals surface area (Å²) in [6.45, 7) is 2.92. The summed E-state index contributed by atoms with van der Waals surface area (Å²) in [5.41, 5.74) is 3.08. The Hall–Kier alpha value is -5.45. The minimum absolute atomic E-state index is 0.0439. The van der Waals surface area contributed by atoms with Crippen LogP contribution in [0.1, 0.15) is 41.6 Å². The van der Waals surface area contributed by atoms with Gasteiger partial charge in [-0.15, -0.1) is 10.2 Å². The number of amides is 1. The third-order valence-electron chi connectivity index (χ3n) is 8.30. The smallest absolute Gasteiger partial charge is 0.301 e. The number of carbonyl (C=O) groups is 2. The number of aliphatic hydroxyl groups is 1. The second-order valence-electron chi connectivity index (χ2n) is 11.7. The summed E-state index contributed by atoms with van der Waals surface area (Å²) >= 11 is 2.74. The molecular weight excluding hydrogens is 667 g/mol. The molecule has 1 unspecified atom stereocenters. The van der Waals surface area contributed by atoms with Gasteiger partial charge in [-0.2, -0.15) is 0 Å². The number of carbonyl (C=O) groups excluding carboxylic acids is 2. The first-order valence-corrected chi connectivity index (χ1v) is 18.0. The van der Waals surface area contributed by atoms with E-state index < -0.39 is 17.7 Å². The molecule has 1 aromatic heterocycles. The van der Waals surface area contributed by atoms with Crippen molar-refractivity contribution in [2.24, 2.45) is 0 Å². The fraction of sp³-hybridized carbons (Fsp3) is 0.150. The van der Waals surface area contributed by atoms with Crippen molar-refractivity contribution in [3.05, 3.63) is 149 Å². The van der Waals surface area contributed by atoms with Crippen LogP contribution in [0.5, 0.6) is 11.5 Å². The molecule has 1 saturated heterocycles. The Morgan fingerprint density at radius 2 is 1.60 bits per heavy atom. The number of anilines is 1. The van der Waals surface area contributed by atoms with Crippen LogP contribution in [0.4, 0.5) is 5.13 Å². The number of hydrogen-bond donors (Lipinski definition) is 1. The van der Waals surface area contributed by atoms with Gasteiger partial charge >= 0.3 is 5.91 Å². The van der Waals surface area contributed by atoms with Crippen molar-refractivity contribution in [3.8, 4) is 11.5 Å². The van der Waals surface area contributed by atoms with E-state index in [1.165, 1.54) is 28.0 Å². The molecule has 0 saturated carbocycles. The number of hydrogen-bond acceptors (Lipinski definition) is 9. The lowest BCUT2D eigenvalue weighted by Crippen LogP contribution is -2.29. The molecule has 0 radical (unpaired) electrons. The van der Waals surface area contributed by atoms with Gasteiger partial charge in [-0.25, -0.2) is 0 Å². The van der Waals surface area contributed by atoms with Gasteiger partial charge in [0.05, 0.1) is 18.2 Å². The molecule has 0 spiro atoms. The Kier molecular flexibility index (Phi) is 9.91. The van der Waals surface area contributed by atoms with Crippen LogP contribution < -0.4 is 14.4 Å². The molecule has 1 fully saturated rings. The highest BCUT2D eigenvalue weighted by atomic mass is 32.2. The normalized spacial score (nSPS) is 15.5. The number of fused-ring (bicyclic) bond motifs is 1. The zero-order valence-electron chi connectivity index (χ0n) is 27.2. The Labute approximate surface area is 298 Å². The quantitative estimate of drug-likeness (QED) is 0.0444. The molecule has 1 amide bonds. The Balaban J connectivity index is 1.23. The molecule has 5 aromatic carbocycles. The molecule has 1 N–H and O–H groups in total. The number of thioether (sulfide) groups is 1. The molecule has 2 heterocycles. The average Bonchev–Trinajstić information content (AvgIpc) is 3.74. The van der Waals surface area contributed by atoms with Gasteiger partial charge in [0.15, 0.2) is 4.34 Å². The second-order valence-corrected chi connectivity index (χ2v) is 13.8. The van der Waals surface area contributed by atoms with Crippen molar-refractivity contribution in [2.75, 3.05) is 11.5 Å². The van der Waals surface area contributed by atoms with Gasteiger partial charge in [-0.05, 0) is 70.3 Å². The maximum atomic E-state index is 13.9. The zero-order chi connectivity index (χ0) is 34.5. The molecule has 1 aliphatic heterocycles. The summed E-state index contributed by atoms with van der Waals surface area (Å²) in [5.74, 6) is -0.0456. The van der Waals surface area contributed by atoms with Crippen molar-refractivity contribution in [1.82, 2.24) is 10.2 Å². The minimum Gasteiger partial charge on any atom is -0.507 e. The van der Waals surface area contributed by atoms with E-state index in [0.29, 0.717) is 45.9 Å². The van der Waals surface area contributed by atoms with Gasteiger partial charge in [0.2, 0.25) is 5.13 Å². The molecule has 1 atom stereocenters. The molecule has 8 nitrogen and oxygen atoms in total. The van der Waals surface area contributed by atoms with E-state index in [1.54, 1.807) is 36.4 Å². The standard InChI is InChI=1S/C40H33N3O5S2/c1-2-22-47-31-20-18-28(19-21-31)36(44)34-35(29-14-9-16-32(23-29)48-24-26-10-4-3-5-11-26)43(38(46)37(34)45)39-41-42-40(50-39)49-25-30-15-8-13-27-12-6-7-17-33(27)30/h3-21,23,35,44H,2,22,24-25H2,1H3. The first-order valence-electron chi connectivity index (χ1n) is 16.2. The van der Waals surface area contributed by atoms with E-state index >= 15 is 0 Å². The summed E-state index contributed by atoms with van der Waals surface area (Å²) in [4.78, 5) is 29.0. The highest BCUT2D eigenvalue weighted by Gasteiger charge is 2.48. The maximum Gasteiger partial charge on any atom is 0.301 e. The van der Waals surface area contributed by atoms with E-state index in [9.17, 15) is 14.7 Å². The van der Waals surface area contributed by atoms with Gasteiger partial charge in [0.1, 0.15) is 23.9 Å². The highest BCUT2D eigenvalue weighted by molar-refractivity contribution is 8.00. The molecule has 0 bridgehead atoms. The van der Waals surface area contributed by atoms with E-state index in [4.69, 9.17) is 9.47 Å². The zero-order valence-corrected chi connectivity index (χ0v) is 28.8. The van der Waals surface area contributed by atoms with Crippen molar-refractivity contribution in [3.63, 3.8) is 0 Å². The summed E-state index contributed by atoms with van der Waals surface area (Å²) in [6.07, 6.45) is 0.855. The lowest BCUT2D eigenvalue weighted by molar-refractivity contribution is -0.132. The Bertz CT molecular complexity index is 2180. The lowest BCUT2D eigenvalue weighted by atomic mass is 9.95. The van der Waals surface area contributed by atoms with Crippen molar-refractivity contribution >= 4 is 56.5 Å². The number of ketones is 1. The number of benzene rings is 5. The summed E-state index contributed by atoms with van der Waals surface area (Å²) in [6, 6.07) is 37.3. The van der Waals surface area contributed by atoms with Crippen LogP contribution in [0.3, 0.4) is 0 Å². The first kappa shape index (κ1) is 33.1. The Morgan fingerprint density at radius 3 is 2.42 bits per heavy atom. The third kappa shape index (κ3) is 6.99. The molecule has 1 aliphatic rings. The molecule has 7 rings (SSSR count). The summed E-state index contributed by atoms with van der Waals surface area (Å²) in [7, 11) is 0. The van der Waals surface area contributed by atoms with Crippen LogP contribution in [0, 0.1) is 0 Å².